The Labute approximate surface area is 150 Å². The molecule has 0 bridgehead atoms. The molecule has 10 heteroatoms. The van der Waals surface area contributed by atoms with E-state index < -0.39 is 0 Å². The highest BCUT2D eigenvalue weighted by Crippen LogP contribution is 1.99. The SMILES string of the molecule is CNC(=S)N/N=C(C)/C(C)=N/NC(=S)N/N=C/c1ccc(F)cc1. The normalized spacial score (nSPS) is 12.0. The maximum Gasteiger partial charge on any atom is 0.207 e. The number of nitrogens with one attached hydrogen (secondary N) is 4. The van der Waals surface area contributed by atoms with Crippen molar-refractivity contribution in [3.63, 3.8) is 0 Å². The summed E-state index contributed by atoms with van der Waals surface area (Å²) in [5.74, 6) is -0.302. The molecule has 0 atom stereocenters. The van der Waals surface area contributed by atoms with Gasteiger partial charge >= 0.3 is 0 Å². The number of hydrogen-bond acceptors (Lipinski definition) is 5. The summed E-state index contributed by atoms with van der Waals surface area (Å²) in [5.41, 5.74) is 9.89. The lowest BCUT2D eigenvalue weighted by Crippen LogP contribution is -2.31. The lowest BCUT2D eigenvalue weighted by molar-refractivity contribution is 0.628. The van der Waals surface area contributed by atoms with Crippen LogP contribution in [-0.4, -0.2) is 34.9 Å². The van der Waals surface area contributed by atoms with Gasteiger partial charge in [-0.15, -0.1) is 0 Å². The fourth-order valence-electron chi connectivity index (χ4n) is 1.23. The minimum atomic E-state index is -0.302. The van der Waals surface area contributed by atoms with Crippen LogP contribution in [0.1, 0.15) is 19.4 Å². The van der Waals surface area contributed by atoms with E-state index in [1.807, 2.05) is 0 Å². The van der Waals surface area contributed by atoms with E-state index in [0.29, 0.717) is 16.5 Å². The van der Waals surface area contributed by atoms with Gasteiger partial charge in [-0.25, -0.2) is 4.39 Å². The lowest BCUT2D eigenvalue weighted by Gasteiger charge is -2.05. The van der Waals surface area contributed by atoms with Crippen LogP contribution in [0.25, 0.3) is 0 Å². The third-order valence-corrected chi connectivity index (χ3v) is 3.13. The van der Waals surface area contributed by atoms with Crippen LogP contribution in [0.15, 0.2) is 39.6 Å². The van der Waals surface area contributed by atoms with Gasteiger partial charge in [0.2, 0.25) is 5.11 Å². The molecule has 1 aromatic rings. The third-order valence-electron chi connectivity index (χ3n) is 2.65. The Morgan fingerprint density at radius 2 is 1.50 bits per heavy atom. The van der Waals surface area contributed by atoms with Crippen LogP contribution in [0, 0.1) is 5.82 Å². The first-order valence-electron chi connectivity index (χ1n) is 6.83. The summed E-state index contributed by atoms with van der Waals surface area (Å²) >= 11 is 9.94. The second-order valence-corrected chi connectivity index (χ2v) is 5.26. The Balaban J connectivity index is 2.46. The second kappa shape index (κ2) is 10.3. The summed E-state index contributed by atoms with van der Waals surface area (Å²) in [4.78, 5) is 0. The Morgan fingerprint density at radius 3 is 2.04 bits per heavy atom. The van der Waals surface area contributed by atoms with Crippen molar-refractivity contribution in [3.8, 4) is 0 Å². The third kappa shape index (κ3) is 7.70. The zero-order valence-corrected chi connectivity index (χ0v) is 15.1. The van der Waals surface area contributed by atoms with Gasteiger partial charge in [-0.05, 0) is 56.0 Å². The number of rotatable bonds is 5. The molecule has 4 N–H and O–H groups in total. The van der Waals surface area contributed by atoms with Gasteiger partial charge < -0.3 is 5.32 Å². The molecule has 0 amide bonds. The van der Waals surface area contributed by atoms with E-state index >= 15 is 0 Å². The van der Waals surface area contributed by atoms with Gasteiger partial charge in [0.15, 0.2) is 5.11 Å². The molecule has 128 valence electrons. The summed E-state index contributed by atoms with van der Waals surface area (Å²) in [6, 6.07) is 5.90. The molecule has 0 spiro atoms. The number of thiocarbonyl (C=S) groups is 2. The predicted molar refractivity (Wildman–Crippen MR) is 104 cm³/mol. The molecule has 0 heterocycles. The molecule has 0 radical (unpaired) electrons. The van der Waals surface area contributed by atoms with Gasteiger partial charge in [-0.2, -0.15) is 15.3 Å². The number of benzene rings is 1. The molecule has 0 aliphatic carbocycles. The van der Waals surface area contributed by atoms with Crippen LogP contribution in [-0.2, 0) is 0 Å². The maximum atomic E-state index is 12.8. The lowest BCUT2D eigenvalue weighted by atomic mass is 10.2. The molecule has 7 nitrogen and oxygen atoms in total. The van der Waals surface area contributed by atoms with Gasteiger partial charge in [0.05, 0.1) is 17.6 Å². The van der Waals surface area contributed by atoms with Crippen molar-refractivity contribution in [3.05, 3.63) is 35.6 Å². The van der Waals surface area contributed by atoms with E-state index in [1.54, 1.807) is 33.0 Å². The molecule has 0 aliphatic heterocycles. The van der Waals surface area contributed by atoms with Crippen LogP contribution in [0.5, 0.6) is 0 Å². The molecule has 0 fully saturated rings. The van der Waals surface area contributed by atoms with E-state index in [9.17, 15) is 4.39 Å². The molecule has 0 aromatic heterocycles. The van der Waals surface area contributed by atoms with Crippen LogP contribution in [0.2, 0.25) is 0 Å². The first kappa shape index (κ1) is 19.6. The average Bonchev–Trinajstić information content (AvgIpc) is 2.58. The van der Waals surface area contributed by atoms with Crippen molar-refractivity contribution < 1.29 is 4.39 Å². The van der Waals surface area contributed by atoms with Gasteiger partial charge in [0, 0.05) is 7.05 Å². The summed E-state index contributed by atoms with van der Waals surface area (Å²) < 4.78 is 12.8. The summed E-state index contributed by atoms with van der Waals surface area (Å²) in [7, 11) is 1.69. The van der Waals surface area contributed by atoms with Crippen molar-refractivity contribution >= 4 is 52.3 Å². The number of halogens is 1. The van der Waals surface area contributed by atoms with E-state index in [4.69, 9.17) is 24.4 Å². The van der Waals surface area contributed by atoms with Crippen molar-refractivity contribution in [2.75, 3.05) is 7.05 Å². The van der Waals surface area contributed by atoms with E-state index in [-0.39, 0.29) is 10.9 Å². The highest BCUT2D eigenvalue weighted by Gasteiger charge is 1.98. The van der Waals surface area contributed by atoms with Crippen LogP contribution in [0.3, 0.4) is 0 Å². The monoisotopic (exact) mass is 367 g/mol. The minimum absolute atomic E-state index is 0.208. The Morgan fingerprint density at radius 1 is 0.958 bits per heavy atom. The smallest absolute Gasteiger partial charge is 0.207 e. The molecule has 24 heavy (non-hydrogen) atoms. The van der Waals surface area contributed by atoms with Gasteiger partial charge in [-0.1, -0.05) is 12.1 Å². The second-order valence-electron chi connectivity index (χ2n) is 4.45. The Kier molecular flexibility index (Phi) is 8.44. The Bertz CT molecular complexity index is 668. The van der Waals surface area contributed by atoms with Crippen molar-refractivity contribution in [1.29, 1.82) is 0 Å². The fourth-order valence-corrected chi connectivity index (χ4v) is 1.37. The highest BCUT2D eigenvalue weighted by molar-refractivity contribution is 7.80. The van der Waals surface area contributed by atoms with Crippen molar-refractivity contribution in [2.24, 2.45) is 15.3 Å². The molecule has 0 saturated carbocycles. The van der Waals surface area contributed by atoms with E-state index in [2.05, 4.69) is 36.9 Å². The largest absolute Gasteiger partial charge is 0.364 e. The van der Waals surface area contributed by atoms with Crippen LogP contribution >= 0.6 is 24.4 Å². The van der Waals surface area contributed by atoms with Crippen LogP contribution in [0.4, 0.5) is 4.39 Å². The quantitative estimate of drug-likeness (QED) is 0.358. The average molecular weight is 367 g/mol. The Hall–Kier alpha value is -2.46. The summed E-state index contributed by atoms with van der Waals surface area (Å²) in [6.07, 6.45) is 1.51. The van der Waals surface area contributed by atoms with Crippen LogP contribution < -0.4 is 21.6 Å². The summed E-state index contributed by atoms with van der Waals surface area (Å²) in [6.45, 7) is 3.54. The topological polar surface area (TPSA) is 85.2 Å². The molecule has 0 unspecified atom stereocenters. The first-order chi connectivity index (χ1) is 11.4. The summed E-state index contributed by atoms with van der Waals surface area (Å²) in [5, 5.41) is 15.4. The van der Waals surface area contributed by atoms with Gasteiger partial charge in [-0.3, -0.25) is 16.3 Å². The highest BCUT2D eigenvalue weighted by atomic mass is 32.1. The standard InChI is InChI=1S/C14H18FN7S2/c1-9(18-21-13(23)16-3)10(2)19-22-14(24)20-17-8-11-4-6-12(15)7-5-11/h4-8H,1-3H3,(H2,16,21,23)(H2,20,22,24)/b17-8+,18-9+,19-10+. The minimum Gasteiger partial charge on any atom is -0.364 e. The molecule has 1 aromatic carbocycles. The maximum absolute atomic E-state index is 12.8. The fraction of sp³-hybridized carbons (Fsp3) is 0.214. The zero-order chi connectivity index (χ0) is 17.9. The molecule has 0 saturated heterocycles. The number of hydrogen-bond donors (Lipinski definition) is 4. The molecular formula is C14H18FN7S2. The number of nitrogens with zero attached hydrogens (tertiary/aromatic N) is 3. The van der Waals surface area contributed by atoms with Gasteiger partial charge in [0.1, 0.15) is 5.82 Å². The van der Waals surface area contributed by atoms with E-state index in [1.165, 1.54) is 18.3 Å². The molecule has 0 aliphatic rings. The molecule has 1 rings (SSSR count). The van der Waals surface area contributed by atoms with Crippen molar-refractivity contribution in [1.82, 2.24) is 21.6 Å². The zero-order valence-electron chi connectivity index (χ0n) is 13.4. The molecular weight excluding hydrogens is 349 g/mol. The first-order valence-corrected chi connectivity index (χ1v) is 7.65. The number of hydrazone groups is 3. The van der Waals surface area contributed by atoms with Crippen molar-refractivity contribution in [2.45, 2.75) is 13.8 Å². The van der Waals surface area contributed by atoms with E-state index in [0.717, 1.165) is 5.56 Å². The predicted octanol–water partition coefficient (Wildman–Crippen LogP) is 1.47. The van der Waals surface area contributed by atoms with Gasteiger partial charge in [0.25, 0.3) is 0 Å².